The van der Waals surface area contributed by atoms with Crippen molar-refractivity contribution in [3.05, 3.63) is 32.2 Å². The van der Waals surface area contributed by atoms with Crippen molar-refractivity contribution in [1.29, 1.82) is 0 Å². The van der Waals surface area contributed by atoms with Crippen molar-refractivity contribution in [2.24, 2.45) is 12.8 Å². The van der Waals surface area contributed by atoms with Gasteiger partial charge in [0.1, 0.15) is 0 Å². The standard InChI is InChI=1S/C9H11BrN4S/c1-5-3-15-4-6(5)7(11)8-9(10)12-13-14(8)2/h3-4,7H,11H2,1-2H3. The van der Waals surface area contributed by atoms with Gasteiger partial charge in [0, 0.05) is 7.05 Å². The Hall–Kier alpha value is -0.720. The number of thiophene rings is 1. The number of nitrogens with two attached hydrogens (primary N) is 1. The predicted molar refractivity (Wildman–Crippen MR) is 63.8 cm³/mol. The lowest BCUT2D eigenvalue weighted by Crippen LogP contribution is -2.16. The van der Waals surface area contributed by atoms with Gasteiger partial charge in [0.2, 0.25) is 0 Å². The van der Waals surface area contributed by atoms with Gasteiger partial charge in [-0.2, -0.15) is 11.3 Å². The van der Waals surface area contributed by atoms with E-state index in [2.05, 4.69) is 43.9 Å². The zero-order chi connectivity index (χ0) is 11.0. The number of aryl methyl sites for hydroxylation is 2. The van der Waals surface area contributed by atoms with Gasteiger partial charge in [-0.05, 0) is 44.7 Å². The average molecular weight is 287 g/mol. The summed E-state index contributed by atoms with van der Waals surface area (Å²) >= 11 is 5.01. The average Bonchev–Trinajstić information content (AvgIpc) is 2.73. The van der Waals surface area contributed by atoms with Crippen LogP contribution in [0.1, 0.15) is 22.9 Å². The maximum atomic E-state index is 6.18. The van der Waals surface area contributed by atoms with E-state index in [1.54, 1.807) is 16.0 Å². The first-order valence-corrected chi connectivity index (χ1v) is 6.18. The van der Waals surface area contributed by atoms with Gasteiger partial charge in [0.15, 0.2) is 4.60 Å². The van der Waals surface area contributed by atoms with Crippen LogP contribution < -0.4 is 5.73 Å². The Morgan fingerprint density at radius 3 is 2.73 bits per heavy atom. The molecule has 6 heteroatoms. The number of hydrogen-bond acceptors (Lipinski definition) is 4. The first-order valence-electron chi connectivity index (χ1n) is 4.44. The van der Waals surface area contributed by atoms with Crippen molar-refractivity contribution < 1.29 is 0 Å². The second-order valence-corrected chi connectivity index (χ2v) is 4.87. The van der Waals surface area contributed by atoms with Gasteiger partial charge in [-0.25, -0.2) is 4.68 Å². The van der Waals surface area contributed by atoms with Crippen molar-refractivity contribution in [3.63, 3.8) is 0 Å². The van der Waals surface area contributed by atoms with Gasteiger partial charge in [0.25, 0.3) is 0 Å². The molecule has 0 amide bonds. The maximum absolute atomic E-state index is 6.18. The molecule has 15 heavy (non-hydrogen) atoms. The Labute approximate surface area is 100 Å². The number of rotatable bonds is 2. The van der Waals surface area contributed by atoms with E-state index >= 15 is 0 Å². The molecule has 0 spiro atoms. The lowest BCUT2D eigenvalue weighted by Gasteiger charge is -2.11. The highest BCUT2D eigenvalue weighted by Gasteiger charge is 2.19. The predicted octanol–water partition coefficient (Wildman–Crippen LogP) is 2.00. The maximum Gasteiger partial charge on any atom is 0.153 e. The molecule has 0 radical (unpaired) electrons. The molecular formula is C9H11BrN4S. The minimum absolute atomic E-state index is 0.175. The molecule has 80 valence electrons. The summed E-state index contributed by atoms with van der Waals surface area (Å²) in [5.41, 5.74) is 9.42. The van der Waals surface area contributed by atoms with Crippen LogP contribution in [0.5, 0.6) is 0 Å². The SMILES string of the molecule is Cc1cscc1C(N)c1c(Br)nnn1C. The Kier molecular flexibility index (Phi) is 2.90. The molecule has 0 aromatic carbocycles. The van der Waals surface area contributed by atoms with Gasteiger partial charge in [-0.15, -0.1) is 5.10 Å². The summed E-state index contributed by atoms with van der Waals surface area (Å²) < 4.78 is 2.41. The van der Waals surface area contributed by atoms with E-state index in [0.717, 1.165) is 11.3 Å². The second-order valence-electron chi connectivity index (χ2n) is 3.38. The van der Waals surface area contributed by atoms with Crippen LogP contribution in [0, 0.1) is 6.92 Å². The third-order valence-corrected chi connectivity index (χ3v) is 3.80. The Bertz CT molecular complexity index is 457. The topological polar surface area (TPSA) is 56.7 Å². The van der Waals surface area contributed by atoms with E-state index < -0.39 is 0 Å². The second kappa shape index (κ2) is 4.03. The number of nitrogens with zero attached hydrogens (tertiary/aromatic N) is 3. The molecule has 4 nitrogen and oxygen atoms in total. The van der Waals surface area contributed by atoms with Gasteiger partial charge >= 0.3 is 0 Å². The molecular weight excluding hydrogens is 276 g/mol. The summed E-state index contributed by atoms with van der Waals surface area (Å²) in [5, 5.41) is 12.0. The van der Waals surface area contributed by atoms with Crippen molar-refractivity contribution in [1.82, 2.24) is 15.0 Å². The summed E-state index contributed by atoms with van der Waals surface area (Å²) in [6, 6.07) is -0.175. The van der Waals surface area contributed by atoms with E-state index in [1.165, 1.54) is 5.56 Å². The molecule has 2 aromatic heterocycles. The molecule has 0 aliphatic carbocycles. The fourth-order valence-electron chi connectivity index (χ4n) is 1.51. The third kappa shape index (κ3) is 1.84. The van der Waals surface area contributed by atoms with Crippen molar-refractivity contribution >= 4 is 27.3 Å². The van der Waals surface area contributed by atoms with Crippen LogP contribution in [-0.4, -0.2) is 15.0 Å². The quantitative estimate of drug-likeness (QED) is 0.919. The van der Waals surface area contributed by atoms with Crippen LogP contribution in [0.25, 0.3) is 0 Å². The van der Waals surface area contributed by atoms with E-state index in [4.69, 9.17) is 5.73 Å². The summed E-state index contributed by atoms with van der Waals surface area (Å²) in [6.45, 7) is 2.06. The Morgan fingerprint density at radius 1 is 1.53 bits per heavy atom. The molecule has 2 rings (SSSR count). The van der Waals surface area contributed by atoms with E-state index in [1.807, 2.05) is 7.05 Å². The van der Waals surface area contributed by atoms with Gasteiger partial charge < -0.3 is 5.73 Å². The van der Waals surface area contributed by atoms with Crippen molar-refractivity contribution in [2.45, 2.75) is 13.0 Å². The van der Waals surface area contributed by atoms with Gasteiger partial charge in [-0.3, -0.25) is 0 Å². The molecule has 2 aromatic rings. The molecule has 0 saturated heterocycles. The number of halogens is 1. The van der Waals surface area contributed by atoms with Crippen molar-refractivity contribution in [2.75, 3.05) is 0 Å². The normalized spacial score (nSPS) is 13.1. The molecule has 0 bridgehead atoms. The van der Waals surface area contributed by atoms with Crippen LogP contribution in [0.2, 0.25) is 0 Å². The summed E-state index contributed by atoms with van der Waals surface area (Å²) in [5.74, 6) is 0. The molecule has 1 atom stereocenters. The molecule has 1 unspecified atom stereocenters. The Morgan fingerprint density at radius 2 is 2.27 bits per heavy atom. The molecule has 0 aliphatic rings. The summed E-state index contributed by atoms with van der Waals surface area (Å²) in [7, 11) is 1.84. The van der Waals surface area contributed by atoms with Crippen molar-refractivity contribution in [3.8, 4) is 0 Å². The minimum atomic E-state index is -0.175. The lowest BCUT2D eigenvalue weighted by atomic mass is 10.1. The summed E-state index contributed by atoms with van der Waals surface area (Å²) in [4.78, 5) is 0. The van der Waals surface area contributed by atoms with Gasteiger partial charge in [0.05, 0.1) is 11.7 Å². The minimum Gasteiger partial charge on any atom is -0.319 e. The lowest BCUT2D eigenvalue weighted by molar-refractivity contribution is 0.650. The van der Waals surface area contributed by atoms with Crippen LogP contribution >= 0.6 is 27.3 Å². The Balaban J connectivity index is 2.45. The molecule has 2 heterocycles. The highest BCUT2D eigenvalue weighted by Crippen LogP contribution is 2.28. The highest BCUT2D eigenvalue weighted by molar-refractivity contribution is 9.10. The summed E-state index contributed by atoms with van der Waals surface area (Å²) in [6.07, 6.45) is 0. The largest absolute Gasteiger partial charge is 0.319 e. The monoisotopic (exact) mass is 286 g/mol. The first kappa shape index (κ1) is 10.8. The molecule has 0 aliphatic heterocycles. The number of aromatic nitrogens is 3. The third-order valence-electron chi connectivity index (χ3n) is 2.35. The smallest absolute Gasteiger partial charge is 0.153 e. The van der Waals surface area contributed by atoms with Crippen LogP contribution in [0.15, 0.2) is 15.4 Å². The molecule has 0 fully saturated rings. The molecule has 2 N–H and O–H groups in total. The van der Waals surface area contributed by atoms with Crippen LogP contribution in [0.4, 0.5) is 0 Å². The zero-order valence-electron chi connectivity index (χ0n) is 8.44. The fourth-order valence-corrected chi connectivity index (χ4v) is 2.97. The highest BCUT2D eigenvalue weighted by atomic mass is 79.9. The zero-order valence-corrected chi connectivity index (χ0v) is 10.8. The van der Waals surface area contributed by atoms with E-state index in [-0.39, 0.29) is 6.04 Å². The van der Waals surface area contributed by atoms with E-state index in [0.29, 0.717) is 4.60 Å². The van der Waals surface area contributed by atoms with Crippen LogP contribution in [0.3, 0.4) is 0 Å². The van der Waals surface area contributed by atoms with E-state index in [9.17, 15) is 0 Å². The van der Waals surface area contributed by atoms with Crippen LogP contribution in [-0.2, 0) is 7.05 Å². The van der Waals surface area contributed by atoms with Gasteiger partial charge in [-0.1, -0.05) is 5.21 Å². The first-order chi connectivity index (χ1) is 7.11. The fraction of sp³-hybridized carbons (Fsp3) is 0.333. The number of hydrogen-bond donors (Lipinski definition) is 1. The molecule has 0 saturated carbocycles.